The molecule has 2 saturated carbocycles. The number of fused-ring (bicyclic) bond motifs is 5. The lowest BCUT2D eigenvalue weighted by Gasteiger charge is -2.58. The molecule has 0 bridgehead atoms. The number of rotatable bonds is 6. The van der Waals surface area contributed by atoms with Crippen molar-refractivity contribution in [2.45, 2.75) is 104 Å². The summed E-state index contributed by atoms with van der Waals surface area (Å²) in [4.78, 5) is 38.1. The van der Waals surface area contributed by atoms with Gasteiger partial charge < -0.3 is 4.74 Å². The van der Waals surface area contributed by atoms with Crippen LogP contribution in [0.3, 0.4) is 0 Å². The smallest absolute Gasteiger partial charge is 0.306 e. The van der Waals surface area contributed by atoms with Crippen molar-refractivity contribution in [1.82, 2.24) is 0 Å². The average Bonchev–Trinajstić information content (AvgIpc) is 3.03. The summed E-state index contributed by atoms with van der Waals surface area (Å²) in [5.74, 6) is 1.21. The molecule has 0 aromatic heterocycles. The van der Waals surface area contributed by atoms with E-state index in [2.05, 4.69) is 33.8 Å². The number of ketones is 2. The molecule has 2 fully saturated rings. The molecule has 0 aromatic carbocycles. The number of hydrogen-bond donors (Lipinski definition) is 0. The topological polar surface area (TPSA) is 60.4 Å². The average molecular weight is 441 g/mol. The summed E-state index contributed by atoms with van der Waals surface area (Å²) in [6, 6.07) is 0. The monoisotopic (exact) mass is 440 g/mol. The third-order valence-electron chi connectivity index (χ3n) is 9.79. The number of ether oxygens (including phenoxy) is 1. The summed E-state index contributed by atoms with van der Waals surface area (Å²) >= 11 is 0. The normalized spacial score (nSPS) is 40.5. The molecule has 0 heterocycles. The zero-order valence-electron chi connectivity index (χ0n) is 20.6. The fourth-order valence-electron chi connectivity index (χ4n) is 8.00. The molecule has 4 heteroatoms. The van der Waals surface area contributed by atoms with Gasteiger partial charge in [-0.05, 0) is 87.2 Å². The van der Waals surface area contributed by atoms with Crippen LogP contribution in [0.15, 0.2) is 23.3 Å². The van der Waals surface area contributed by atoms with Crippen LogP contribution in [0.2, 0.25) is 0 Å². The maximum Gasteiger partial charge on any atom is 0.306 e. The van der Waals surface area contributed by atoms with Gasteiger partial charge in [-0.1, -0.05) is 45.3 Å². The van der Waals surface area contributed by atoms with E-state index in [0.717, 1.165) is 44.9 Å². The molecule has 0 radical (unpaired) electrons. The third-order valence-corrected chi connectivity index (χ3v) is 9.79. The van der Waals surface area contributed by atoms with E-state index in [1.807, 2.05) is 6.08 Å². The molecule has 0 saturated heterocycles. The van der Waals surface area contributed by atoms with Gasteiger partial charge in [0.05, 0.1) is 0 Å². The lowest BCUT2D eigenvalue weighted by Crippen LogP contribution is -2.58. The van der Waals surface area contributed by atoms with Gasteiger partial charge in [0, 0.05) is 18.3 Å². The summed E-state index contributed by atoms with van der Waals surface area (Å²) in [7, 11) is 0. The molecule has 4 aliphatic carbocycles. The standard InChI is InChI=1S/C28H40O4/c1-6-7-8-9-25(31)32-28(19(3)29)15-12-23-21-16-18(2)24-17-20(30)10-13-26(24,4)22(21)11-14-27(23,28)5/h16-17,21-23H,6-15H2,1-5H3/t21-,22+,23+,26+,27-,28-/m0/s1. The Labute approximate surface area is 193 Å². The van der Waals surface area contributed by atoms with E-state index in [-0.39, 0.29) is 28.4 Å². The molecule has 32 heavy (non-hydrogen) atoms. The van der Waals surface area contributed by atoms with Gasteiger partial charge in [0.25, 0.3) is 0 Å². The molecule has 0 unspecified atom stereocenters. The molecular weight excluding hydrogens is 400 g/mol. The molecule has 176 valence electrons. The van der Waals surface area contributed by atoms with Crippen LogP contribution in [0.25, 0.3) is 0 Å². The number of Topliss-reactive ketones (excluding diaryl/α,β-unsaturated/α-hetero) is 1. The van der Waals surface area contributed by atoms with Crippen molar-refractivity contribution in [3.05, 3.63) is 23.3 Å². The van der Waals surface area contributed by atoms with Crippen LogP contribution in [0, 0.1) is 28.6 Å². The van der Waals surface area contributed by atoms with Gasteiger partial charge >= 0.3 is 5.97 Å². The molecule has 4 aliphatic rings. The Balaban J connectivity index is 1.67. The Kier molecular flexibility index (Phi) is 6.05. The summed E-state index contributed by atoms with van der Waals surface area (Å²) in [5, 5.41) is 0. The zero-order chi connectivity index (χ0) is 23.3. The first-order chi connectivity index (χ1) is 15.1. The minimum atomic E-state index is -0.993. The van der Waals surface area contributed by atoms with Crippen molar-refractivity contribution in [3.63, 3.8) is 0 Å². The summed E-state index contributed by atoms with van der Waals surface area (Å²) in [6.07, 6.45) is 12.6. The van der Waals surface area contributed by atoms with Crippen LogP contribution in [0.1, 0.15) is 98.8 Å². The molecule has 6 atom stereocenters. The molecule has 4 nitrogen and oxygen atoms in total. The van der Waals surface area contributed by atoms with Gasteiger partial charge in [-0.25, -0.2) is 0 Å². The van der Waals surface area contributed by atoms with E-state index in [9.17, 15) is 14.4 Å². The Morgan fingerprint density at radius 3 is 2.50 bits per heavy atom. The quantitative estimate of drug-likeness (QED) is 0.368. The number of allylic oxidation sites excluding steroid dienone is 4. The fourth-order valence-corrected chi connectivity index (χ4v) is 8.00. The number of carbonyl (C=O) groups is 3. The predicted molar refractivity (Wildman–Crippen MR) is 125 cm³/mol. The SMILES string of the molecule is CCCCCC(=O)O[C@]1(C(C)=O)CC[C@@H]2[C@H]3C=C(C)C4=CC(=O)CC[C@]4(C)[C@@H]3CC[C@@]21C. The van der Waals surface area contributed by atoms with E-state index >= 15 is 0 Å². The van der Waals surface area contributed by atoms with Crippen LogP contribution in [0.4, 0.5) is 0 Å². The first-order valence-corrected chi connectivity index (χ1v) is 12.8. The molecule has 0 spiro atoms. The number of carbonyl (C=O) groups excluding carboxylic acids is 3. The second-order valence-corrected chi connectivity index (χ2v) is 11.4. The highest BCUT2D eigenvalue weighted by atomic mass is 16.6. The molecular formula is C28H40O4. The van der Waals surface area contributed by atoms with E-state index in [0.29, 0.717) is 37.0 Å². The van der Waals surface area contributed by atoms with Gasteiger partial charge in [-0.15, -0.1) is 0 Å². The van der Waals surface area contributed by atoms with Crippen LogP contribution in [-0.4, -0.2) is 23.1 Å². The minimum absolute atomic E-state index is 0.0105. The van der Waals surface area contributed by atoms with Crippen LogP contribution < -0.4 is 0 Å². The minimum Gasteiger partial charge on any atom is -0.450 e. The lowest BCUT2D eigenvalue weighted by molar-refractivity contribution is -0.187. The van der Waals surface area contributed by atoms with Crippen molar-refractivity contribution in [1.29, 1.82) is 0 Å². The zero-order valence-corrected chi connectivity index (χ0v) is 20.6. The molecule has 0 N–H and O–H groups in total. The van der Waals surface area contributed by atoms with Crippen molar-refractivity contribution in [2.75, 3.05) is 0 Å². The Morgan fingerprint density at radius 1 is 1.09 bits per heavy atom. The van der Waals surface area contributed by atoms with E-state index < -0.39 is 5.60 Å². The third kappa shape index (κ3) is 3.35. The van der Waals surface area contributed by atoms with E-state index in [1.165, 1.54) is 11.1 Å². The first-order valence-electron chi connectivity index (χ1n) is 12.8. The molecule has 0 aromatic rings. The maximum atomic E-state index is 13.1. The first kappa shape index (κ1) is 23.4. The Morgan fingerprint density at radius 2 is 1.81 bits per heavy atom. The van der Waals surface area contributed by atoms with Crippen LogP contribution >= 0.6 is 0 Å². The second kappa shape index (κ2) is 8.25. The van der Waals surface area contributed by atoms with Gasteiger partial charge in [0.15, 0.2) is 17.2 Å². The Hall–Kier alpha value is -1.71. The molecule has 0 amide bonds. The van der Waals surface area contributed by atoms with Gasteiger partial charge in [0.1, 0.15) is 0 Å². The van der Waals surface area contributed by atoms with Crippen molar-refractivity contribution < 1.29 is 19.1 Å². The molecule has 0 aliphatic heterocycles. The number of esters is 1. The van der Waals surface area contributed by atoms with Gasteiger partial charge in [-0.3, -0.25) is 14.4 Å². The van der Waals surface area contributed by atoms with Crippen LogP contribution in [-0.2, 0) is 19.1 Å². The van der Waals surface area contributed by atoms with Crippen molar-refractivity contribution in [3.8, 4) is 0 Å². The number of hydrogen-bond acceptors (Lipinski definition) is 4. The van der Waals surface area contributed by atoms with E-state index in [4.69, 9.17) is 4.74 Å². The highest BCUT2D eigenvalue weighted by Crippen LogP contribution is 2.67. The summed E-state index contributed by atoms with van der Waals surface area (Å²) in [6.45, 7) is 10.4. The summed E-state index contributed by atoms with van der Waals surface area (Å²) < 4.78 is 6.17. The van der Waals surface area contributed by atoms with Crippen LogP contribution in [0.5, 0.6) is 0 Å². The molecule has 4 rings (SSSR count). The second-order valence-electron chi connectivity index (χ2n) is 11.4. The maximum absolute atomic E-state index is 13.1. The van der Waals surface area contributed by atoms with Gasteiger partial charge in [-0.2, -0.15) is 0 Å². The number of unbranched alkanes of at least 4 members (excludes halogenated alkanes) is 2. The predicted octanol–water partition coefficient (Wildman–Crippen LogP) is 6.14. The van der Waals surface area contributed by atoms with E-state index in [1.54, 1.807) is 6.92 Å². The Bertz CT molecular complexity index is 882. The lowest BCUT2D eigenvalue weighted by atomic mass is 9.47. The van der Waals surface area contributed by atoms with Crippen molar-refractivity contribution >= 4 is 17.5 Å². The highest BCUT2D eigenvalue weighted by Gasteiger charge is 2.67. The summed E-state index contributed by atoms with van der Waals surface area (Å²) in [5.41, 5.74) is 1.16. The van der Waals surface area contributed by atoms with Crippen molar-refractivity contribution in [2.24, 2.45) is 28.6 Å². The fraction of sp³-hybridized carbons (Fsp3) is 0.750. The largest absolute Gasteiger partial charge is 0.450 e. The van der Waals surface area contributed by atoms with Gasteiger partial charge in [0.2, 0.25) is 0 Å². The highest BCUT2D eigenvalue weighted by molar-refractivity contribution is 5.92.